The average molecular weight is 350 g/mol. The molecule has 0 saturated heterocycles. The largest absolute Gasteiger partial charge is 0.301 e. The molecule has 0 saturated carbocycles. The van der Waals surface area contributed by atoms with Gasteiger partial charge in [-0.15, -0.1) is 0 Å². The number of hydrogen-bond acceptors (Lipinski definition) is 3. The molecular formula is C18H23FN2O2S. The van der Waals surface area contributed by atoms with Gasteiger partial charge in [0.2, 0.25) is 10.0 Å². The first-order valence-electron chi connectivity index (χ1n) is 7.81. The predicted octanol–water partition coefficient (Wildman–Crippen LogP) is 2.59. The second kappa shape index (κ2) is 8.37. The number of benzene rings is 2. The summed E-state index contributed by atoms with van der Waals surface area (Å²) in [5.41, 5.74) is 1.45. The summed E-state index contributed by atoms with van der Waals surface area (Å²) in [6.45, 7) is 0.274. The maximum absolute atomic E-state index is 13.6. The lowest BCUT2D eigenvalue weighted by Gasteiger charge is -2.25. The maximum atomic E-state index is 13.6. The number of likely N-dealkylation sites (N-methyl/N-ethyl adjacent to an activating group) is 1. The van der Waals surface area contributed by atoms with Crippen LogP contribution in [-0.4, -0.2) is 39.7 Å². The Balaban J connectivity index is 1.97. The van der Waals surface area contributed by atoms with Crippen molar-refractivity contribution in [3.63, 3.8) is 0 Å². The van der Waals surface area contributed by atoms with Crippen molar-refractivity contribution < 1.29 is 12.8 Å². The number of hydrogen-bond donors (Lipinski definition) is 1. The van der Waals surface area contributed by atoms with Crippen LogP contribution in [0.25, 0.3) is 0 Å². The highest BCUT2D eigenvalue weighted by atomic mass is 32.2. The third-order valence-corrected chi connectivity index (χ3v) is 5.25. The van der Waals surface area contributed by atoms with Gasteiger partial charge in [0.15, 0.2) is 0 Å². The van der Waals surface area contributed by atoms with Crippen LogP contribution in [0, 0.1) is 5.82 Å². The van der Waals surface area contributed by atoms with Crippen molar-refractivity contribution in [3.8, 4) is 0 Å². The molecule has 1 atom stereocenters. The summed E-state index contributed by atoms with van der Waals surface area (Å²) in [5, 5.41) is 0. The molecule has 0 aliphatic rings. The predicted molar refractivity (Wildman–Crippen MR) is 94.8 cm³/mol. The Morgan fingerprint density at radius 2 is 1.67 bits per heavy atom. The van der Waals surface area contributed by atoms with Crippen LogP contribution in [0.4, 0.5) is 4.39 Å². The van der Waals surface area contributed by atoms with E-state index in [1.54, 1.807) is 18.2 Å². The topological polar surface area (TPSA) is 49.4 Å². The van der Waals surface area contributed by atoms with Crippen molar-refractivity contribution in [2.45, 2.75) is 12.5 Å². The summed E-state index contributed by atoms with van der Waals surface area (Å²) in [6, 6.07) is 15.9. The van der Waals surface area contributed by atoms with E-state index in [2.05, 4.69) is 4.72 Å². The zero-order valence-corrected chi connectivity index (χ0v) is 14.8. The first-order chi connectivity index (χ1) is 11.4. The smallest absolute Gasteiger partial charge is 0.211 e. The molecule has 24 heavy (non-hydrogen) atoms. The van der Waals surface area contributed by atoms with Gasteiger partial charge in [-0.1, -0.05) is 48.5 Å². The van der Waals surface area contributed by atoms with Crippen LogP contribution < -0.4 is 4.72 Å². The molecule has 2 rings (SSSR count). The minimum atomic E-state index is -3.48. The third kappa shape index (κ3) is 5.40. The average Bonchev–Trinajstić information content (AvgIpc) is 2.55. The normalized spacial score (nSPS) is 13.2. The van der Waals surface area contributed by atoms with Crippen LogP contribution in [0.5, 0.6) is 0 Å². The van der Waals surface area contributed by atoms with Crippen LogP contribution in [0.1, 0.15) is 17.2 Å². The second-order valence-corrected chi connectivity index (χ2v) is 7.83. The maximum Gasteiger partial charge on any atom is 0.211 e. The molecule has 1 N–H and O–H groups in total. The highest BCUT2D eigenvalue weighted by molar-refractivity contribution is 7.89. The minimum absolute atomic E-state index is 0.0607. The van der Waals surface area contributed by atoms with E-state index in [4.69, 9.17) is 0 Å². The number of sulfonamides is 1. The molecule has 0 spiro atoms. The van der Waals surface area contributed by atoms with Gasteiger partial charge in [-0.3, -0.25) is 0 Å². The van der Waals surface area contributed by atoms with Gasteiger partial charge in [0, 0.05) is 12.6 Å². The van der Waals surface area contributed by atoms with Crippen LogP contribution in [0.3, 0.4) is 0 Å². The summed E-state index contributed by atoms with van der Waals surface area (Å²) in [4.78, 5) is 1.97. The van der Waals surface area contributed by atoms with E-state index in [1.165, 1.54) is 6.07 Å². The van der Waals surface area contributed by atoms with Gasteiger partial charge >= 0.3 is 0 Å². The van der Waals surface area contributed by atoms with E-state index >= 15 is 0 Å². The monoisotopic (exact) mass is 350 g/mol. The number of nitrogens with zero attached hydrogens (tertiary/aromatic N) is 1. The lowest BCUT2D eigenvalue weighted by Crippen LogP contribution is -2.36. The fourth-order valence-corrected chi connectivity index (χ4v) is 3.54. The highest BCUT2D eigenvalue weighted by Gasteiger charge is 2.18. The van der Waals surface area contributed by atoms with Gasteiger partial charge in [0.25, 0.3) is 0 Å². The van der Waals surface area contributed by atoms with Crippen LogP contribution in [-0.2, 0) is 16.4 Å². The highest BCUT2D eigenvalue weighted by Crippen LogP contribution is 2.17. The molecule has 0 radical (unpaired) electrons. The first-order valence-corrected chi connectivity index (χ1v) is 9.46. The Morgan fingerprint density at radius 1 is 1.04 bits per heavy atom. The van der Waals surface area contributed by atoms with E-state index in [0.717, 1.165) is 5.56 Å². The lowest BCUT2D eigenvalue weighted by molar-refractivity contribution is 0.299. The summed E-state index contributed by atoms with van der Waals surface area (Å²) in [6.07, 6.45) is 0.153. The van der Waals surface area contributed by atoms with Crippen molar-refractivity contribution in [1.29, 1.82) is 0 Å². The fraction of sp³-hybridized carbons (Fsp3) is 0.333. The van der Waals surface area contributed by atoms with Crippen molar-refractivity contribution in [1.82, 2.24) is 9.62 Å². The molecule has 6 heteroatoms. The van der Waals surface area contributed by atoms with Gasteiger partial charge < -0.3 is 4.90 Å². The van der Waals surface area contributed by atoms with E-state index in [1.807, 2.05) is 49.3 Å². The standard InChI is InChI=1S/C18H23FN2O2S/c1-21(2)18(16-9-4-3-5-10-16)14-20-24(22,23)13-12-15-8-6-7-11-17(15)19/h3-11,18,20H,12-14H2,1-2H3. The number of nitrogens with one attached hydrogen (secondary N) is 1. The van der Waals surface area contributed by atoms with Crippen molar-refractivity contribution in [3.05, 3.63) is 71.5 Å². The minimum Gasteiger partial charge on any atom is -0.301 e. The van der Waals surface area contributed by atoms with Gasteiger partial charge in [-0.2, -0.15) is 0 Å². The molecule has 0 amide bonds. The zero-order chi connectivity index (χ0) is 17.6. The van der Waals surface area contributed by atoms with E-state index in [-0.39, 0.29) is 30.6 Å². The molecular weight excluding hydrogens is 327 g/mol. The zero-order valence-electron chi connectivity index (χ0n) is 13.9. The fourth-order valence-electron chi connectivity index (χ4n) is 2.50. The summed E-state index contributed by atoms with van der Waals surface area (Å²) >= 11 is 0. The molecule has 2 aromatic carbocycles. The Hall–Kier alpha value is -1.76. The molecule has 0 bridgehead atoms. The summed E-state index contributed by atoms with van der Waals surface area (Å²) < 4.78 is 40.7. The lowest BCUT2D eigenvalue weighted by atomic mass is 10.1. The van der Waals surface area contributed by atoms with E-state index in [0.29, 0.717) is 5.56 Å². The summed E-state index contributed by atoms with van der Waals surface area (Å²) in [7, 11) is 0.340. The Morgan fingerprint density at radius 3 is 2.29 bits per heavy atom. The molecule has 0 heterocycles. The summed E-state index contributed by atoms with van der Waals surface area (Å²) in [5.74, 6) is -0.508. The molecule has 0 aliphatic heterocycles. The van der Waals surface area contributed by atoms with Crippen molar-refractivity contribution >= 4 is 10.0 Å². The van der Waals surface area contributed by atoms with E-state index < -0.39 is 10.0 Å². The molecule has 4 nitrogen and oxygen atoms in total. The number of rotatable bonds is 8. The third-order valence-electron chi connectivity index (χ3n) is 3.90. The molecule has 2 aromatic rings. The molecule has 0 fully saturated rings. The first kappa shape index (κ1) is 18.6. The van der Waals surface area contributed by atoms with Crippen LogP contribution >= 0.6 is 0 Å². The molecule has 0 aromatic heterocycles. The Bertz CT molecular complexity index is 749. The SMILES string of the molecule is CN(C)C(CNS(=O)(=O)CCc1ccccc1F)c1ccccc1. The van der Waals surface area contributed by atoms with Gasteiger partial charge in [0.1, 0.15) is 5.82 Å². The van der Waals surface area contributed by atoms with Crippen molar-refractivity contribution in [2.24, 2.45) is 0 Å². The number of aryl methyl sites for hydroxylation is 1. The molecule has 1 unspecified atom stereocenters. The quantitative estimate of drug-likeness (QED) is 0.796. The molecule has 0 aliphatic carbocycles. The van der Waals surface area contributed by atoms with Gasteiger partial charge in [0.05, 0.1) is 5.75 Å². The van der Waals surface area contributed by atoms with Gasteiger partial charge in [-0.25, -0.2) is 17.5 Å². The van der Waals surface area contributed by atoms with E-state index in [9.17, 15) is 12.8 Å². The van der Waals surface area contributed by atoms with Crippen LogP contribution in [0.15, 0.2) is 54.6 Å². The van der Waals surface area contributed by atoms with Gasteiger partial charge in [-0.05, 0) is 37.7 Å². The van der Waals surface area contributed by atoms with Crippen LogP contribution in [0.2, 0.25) is 0 Å². The Kier molecular flexibility index (Phi) is 6.48. The Labute approximate surface area is 143 Å². The number of halogens is 1. The second-order valence-electron chi connectivity index (χ2n) is 5.90. The van der Waals surface area contributed by atoms with Crippen molar-refractivity contribution in [2.75, 3.05) is 26.4 Å². The molecule has 130 valence electrons.